The van der Waals surface area contributed by atoms with Crippen LogP contribution in [0.1, 0.15) is 47.9 Å². The molecule has 2 aromatic rings. The Bertz CT molecular complexity index is 960. The molecule has 1 unspecified atom stereocenters. The van der Waals surface area contributed by atoms with Crippen molar-refractivity contribution in [3.05, 3.63) is 53.0 Å². The van der Waals surface area contributed by atoms with Crippen molar-refractivity contribution in [1.29, 1.82) is 0 Å². The van der Waals surface area contributed by atoms with E-state index in [0.717, 1.165) is 42.9 Å². The van der Waals surface area contributed by atoms with Gasteiger partial charge in [-0.15, -0.1) is 0 Å². The van der Waals surface area contributed by atoms with Gasteiger partial charge in [-0.1, -0.05) is 30.3 Å². The molecule has 31 heavy (non-hydrogen) atoms. The van der Waals surface area contributed by atoms with Crippen LogP contribution in [-0.2, 0) is 22.4 Å². The van der Waals surface area contributed by atoms with Crippen LogP contribution in [0.15, 0.2) is 30.3 Å². The molecule has 1 saturated heterocycles. The molecule has 0 saturated carbocycles. The SMILES string of the molecule is Cc1nc(C2CCCN2C(=O)CN(C)C)nc2c1CCC(=O)N2CCc1ccccc1. The molecular formula is C24H31N5O2. The zero-order valence-corrected chi connectivity index (χ0v) is 18.7. The molecule has 2 aliphatic heterocycles. The summed E-state index contributed by atoms with van der Waals surface area (Å²) in [4.78, 5) is 40.9. The quantitative estimate of drug-likeness (QED) is 0.717. The zero-order chi connectivity index (χ0) is 22.0. The molecule has 4 rings (SSSR count). The predicted octanol–water partition coefficient (Wildman–Crippen LogP) is 2.53. The molecular weight excluding hydrogens is 390 g/mol. The summed E-state index contributed by atoms with van der Waals surface area (Å²) >= 11 is 0. The van der Waals surface area contributed by atoms with Crippen molar-refractivity contribution in [1.82, 2.24) is 19.8 Å². The molecule has 1 aromatic heterocycles. The van der Waals surface area contributed by atoms with Crippen LogP contribution in [0, 0.1) is 6.92 Å². The Morgan fingerprint density at radius 1 is 1.16 bits per heavy atom. The topological polar surface area (TPSA) is 69.6 Å². The Hall–Kier alpha value is -2.80. The number of carbonyl (C=O) groups excluding carboxylic acids is 2. The fourth-order valence-electron chi connectivity index (χ4n) is 4.56. The first-order valence-electron chi connectivity index (χ1n) is 11.1. The molecule has 1 atom stereocenters. The zero-order valence-electron chi connectivity index (χ0n) is 18.7. The van der Waals surface area contributed by atoms with Gasteiger partial charge in [0.25, 0.3) is 0 Å². The third-order valence-electron chi connectivity index (χ3n) is 6.14. The molecule has 7 heteroatoms. The van der Waals surface area contributed by atoms with Crippen LogP contribution in [0.25, 0.3) is 0 Å². The lowest BCUT2D eigenvalue weighted by Crippen LogP contribution is -2.40. The largest absolute Gasteiger partial charge is 0.331 e. The lowest BCUT2D eigenvalue weighted by atomic mass is 10.0. The van der Waals surface area contributed by atoms with Gasteiger partial charge in [-0.05, 0) is 52.3 Å². The first-order valence-corrected chi connectivity index (χ1v) is 11.1. The summed E-state index contributed by atoms with van der Waals surface area (Å²) in [5.41, 5.74) is 3.18. The van der Waals surface area contributed by atoms with Crippen LogP contribution in [0.2, 0.25) is 0 Å². The number of nitrogens with zero attached hydrogens (tertiary/aromatic N) is 5. The van der Waals surface area contributed by atoms with Gasteiger partial charge in [0.1, 0.15) is 5.82 Å². The standard InChI is InChI=1S/C24H31N5O2/c1-17-19-11-12-21(30)29(15-13-18-8-5-4-6-9-18)24(19)26-23(25-17)20-10-7-14-28(20)22(31)16-27(2)3/h4-6,8-9,20H,7,10-16H2,1-3H3. The highest BCUT2D eigenvalue weighted by atomic mass is 16.2. The lowest BCUT2D eigenvalue weighted by Gasteiger charge is -2.31. The molecule has 0 N–H and O–H groups in total. The van der Waals surface area contributed by atoms with Crippen LogP contribution >= 0.6 is 0 Å². The predicted molar refractivity (Wildman–Crippen MR) is 120 cm³/mol. The Balaban J connectivity index is 1.62. The summed E-state index contributed by atoms with van der Waals surface area (Å²) in [6.07, 6.45) is 3.74. The second-order valence-corrected chi connectivity index (χ2v) is 8.73. The second kappa shape index (κ2) is 9.14. The third kappa shape index (κ3) is 4.61. The van der Waals surface area contributed by atoms with E-state index in [1.807, 2.05) is 53.9 Å². The van der Waals surface area contributed by atoms with E-state index in [4.69, 9.17) is 9.97 Å². The molecule has 7 nitrogen and oxygen atoms in total. The van der Waals surface area contributed by atoms with Crippen LogP contribution < -0.4 is 4.90 Å². The van der Waals surface area contributed by atoms with Crippen LogP contribution in [0.5, 0.6) is 0 Å². The first kappa shape index (κ1) is 21.4. The van der Waals surface area contributed by atoms with Crippen molar-refractivity contribution >= 4 is 17.6 Å². The monoisotopic (exact) mass is 421 g/mol. The number of aryl methyl sites for hydroxylation is 1. The van der Waals surface area contributed by atoms with Gasteiger partial charge in [0.05, 0.1) is 12.6 Å². The number of hydrogen-bond donors (Lipinski definition) is 0. The van der Waals surface area contributed by atoms with Gasteiger partial charge in [-0.25, -0.2) is 9.97 Å². The summed E-state index contributed by atoms with van der Waals surface area (Å²) in [6.45, 7) is 3.70. The van der Waals surface area contributed by atoms with Gasteiger partial charge in [0, 0.05) is 30.8 Å². The van der Waals surface area contributed by atoms with Crippen LogP contribution in [-0.4, -0.2) is 65.3 Å². The second-order valence-electron chi connectivity index (χ2n) is 8.73. The third-order valence-corrected chi connectivity index (χ3v) is 6.14. The molecule has 1 aromatic carbocycles. The lowest BCUT2D eigenvalue weighted by molar-refractivity contribution is -0.133. The maximum Gasteiger partial charge on any atom is 0.237 e. The molecule has 0 spiro atoms. The van der Waals surface area contributed by atoms with Gasteiger partial charge in [-0.3, -0.25) is 14.5 Å². The number of likely N-dealkylation sites (N-methyl/N-ethyl adjacent to an activating group) is 1. The van der Waals surface area contributed by atoms with Crippen LogP contribution in [0.3, 0.4) is 0 Å². The molecule has 0 radical (unpaired) electrons. The minimum absolute atomic E-state index is 0.100. The minimum Gasteiger partial charge on any atom is -0.331 e. The fraction of sp³-hybridized carbons (Fsp3) is 0.500. The van der Waals surface area contributed by atoms with Gasteiger partial charge in [0.2, 0.25) is 11.8 Å². The number of amides is 2. The first-order chi connectivity index (χ1) is 14.9. The number of likely N-dealkylation sites (tertiary alicyclic amines) is 1. The molecule has 2 aliphatic rings. The van der Waals surface area contributed by atoms with Crippen molar-refractivity contribution in [3.63, 3.8) is 0 Å². The number of carbonyl (C=O) groups is 2. The van der Waals surface area contributed by atoms with E-state index < -0.39 is 0 Å². The summed E-state index contributed by atoms with van der Waals surface area (Å²) in [6, 6.07) is 10.1. The molecule has 1 fully saturated rings. The fourth-order valence-corrected chi connectivity index (χ4v) is 4.56. The van der Waals surface area contributed by atoms with E-state index in [2.05, 4.69) is 12.1 Å². The number of hydrogen-bond acceptors (Lipinski definition) is 5. The Morgan fingerprint density at radius 3 is 2.68 bits per heavy atom. The van der Waals surface area contributed by atoms with E-state index >= 15 is 0 Å². The van der Waals surface area contributed by atoms with E-state index in [1.165, 1.54) is 5.56 Å². The smallest absolute Gasteiger partial charge is 0.237 e. The number of rotatable bonds is 6. The highest BCUT2D eigenvalue weighted by Crippen LogP contribution is 2.34. The molecule has 0 aliphatic carbocycles. The van der Waals surface area contributed by atoms with E-state index in [1.54, 1.807) is 0 Å². The Morgan fingerprint density at radius 2 is 1.94 bits per heavy atom. The summed E-state index contributed by atoms with van der Waals surface area (Å²) in [7, 11) is 3.80. The van der Waals surface area contributed by atoms with E-state index in [9.17, 15) is 9.59 Å². The van der Waals surface area contributed by atoms with Crippen molar-refractivity contribution in [2.45, 2.75) is 45.1 Å². The Labute approximate surface area is 184 Å². The number of aromatic nitrogens is 2. The van der Waals surface area contributed by atoms with Gasteiger partial charge >= 0.3 is 0 Å². The van der Waals surface area contributed by atoms with E-state index in [0.29, 0.717) is 31.8 Å². The normalized spacial score (nSPS) is 18.6. The van der Waals surface area contributed by atoms with E-state index in [-0.39, 0.29) is 17.9 Å². The average molecular weight is 422 g/mol. The molecule has 164 valence electrons. The summed E-state index contributed by atoms with van der Waals surface area (Å²) in [5, 5.41) is 0. The van der Waals surface area contributed by atoms with Crippen molar-refractivity contribution in [2.24, 2.45) is 0 Å². The highest BCUT2D eigenvalue weighted by molar-refractivity contribution is 5.95. The van der Waals surface area contributed by atoms with Crippen molar-refractivity contribution < 1.29 is 9.59 Å². The molecule has 2 amide bonds. The number of fused-ring (bicyclic) bond motifs is 1. The van der Waals surface area contributed by atoms with Crippen molar-refractivity contribution in [3.8, 4) is 0 Å². The van der Waals surface area contributed by atoms with Gasteiger partial charge in [-0.2, -0.15) is 0 Å². The number of anilines is 1. The maximum atomic E-state index is 12.8. The van der Waals surface area contributed by atoms with Crippen LogP contribution in [0.4, 0.5) is 5.82 Å². The van der Waals surface area contributed by atoms with Gasteiger partial charge < -0.3 is 9.80 Å². The van der Waals surface area contributed by atoms with Gasteiger partial charge in [0.15, 0.2) is 5.82 Å². The molecule has 0 bridgehead atoms. The molecule has 3 heterocycles. The summed E-state index contributed by atoms with van der Waals surface area (Å²) < 4.78 is 0. The number of benzene rings is 1. The minimum atomic E-state index is -0.121. The average Bonchev–Trinajstić information content (AvgIpc) is 3.23. The maximum absolute atomic E-state index is 12.8. The van der Waals surface area contributed by atoms with Crippen molar-refractivity contribution in [2.75, 3.05) is 38.6 Å². The summed E-state index contributed by atoms with van der Waals surface area (Å²) in [5.74, 6) is 1.62. The Kier molecular flexibility index (Phi) is 6.32. The highest BCUT2D eigenvalue weighted by Gasteiger charge is 2.35.